The molecule has 0 saturated carbocycles. The van der Waals surface area contributed by atoms with Crippen LogP contribution in [0.1, 0.15) is 5.56 Å². The van der Waals surface area contributed by atoms with Gasteiger partial charge in [0, 0.05) is 24.7 Å². The Morgan fingerprint density at radius 3 is 2.77 bits per heavy atom. The Hall–Kier alpha value is -1.75. The third-order valence-electron chi connectivity index (χ3n) is 3.92. The van der Waals surface area contributed by atoms with Gasteiger partial charge in [-0.15, -0.1) is 0 Å². The molecular formula is C16H24ClN5O4. The molecule has 0 spiro atoms. The van der Waals surface area contributed by atoms with Gasteiger partial charge >= 0.3 is 0 Å². The van der Waals surface area contributed by atoms with Crippen molar-refractivity contribution >= 4 is 23.9 Å². The summed E-state index contributed by atoms with van der Waals surface area (Å²) < 4.78 is 5.22. The van der Waals surface area contributed by atoms with Crippen molar-refractivity contribution in [2.24, 2.45) is 5.73 Å². The number of benzene rings is 1. The summed E-state index contributed by atoms with van der Waals surface area (Å²) >= 11 is 5.89. The fourth-order valence-electron chi connectivity index (χ4n) is 2.73. The molecule has 2 rings (SSSR count). The third-order valence-corrected chi connectivity index (χ3v) is 4.17. The van der Waals surface area contributed by atoms with E-state index < -0.39 is 18.6 Å². The lowest BCUT2D eigenvalue weighted by Gasteiger charge is -2.27. The first kappa shape index (κ1) is 20.6. The van der Waals surface area contributed by atoms with Crippen LogP contribution in [0, 0.1) is 0 Å². The first-order chi connectivity index (χ1) is 12.6. The monoisotopic (exact) mass is 385 g/mol. The van der Waals surface area contributed by atoms with E-state index in [9.17, 15) is 14.7 Å². The van der Waals surface area contributed by atoms with E-state index in [-0.39, 0.29) is 5.91 Å². The highest BCUT2D eigenvalue weighted by atomic mass is 35.5. The van der Waals surface area contributed by atoms with E-state index >= 15 is 0 Å². The van der Waals surface area contributed by atoms with E-state index in [4.69, 9.17) is 22.1 Å². The number of hydrogen-bond donors (Lipinski definition) is 5. The predicted octanol–water partition coefficient (Wildman–Crippen LogP) is -1.45. The minimum atomic E-state index is -1.09. The molecule has 3 unspecified atom stereocenters. The molecule has 0 radical (unpaired) electrons. The van der Waals surface area contributed by atoms with Crippen molar-refractivity contribution < 1.29 is 19.4 Å². The van der Waals surface area contributed by atoms with Crippen molar-refractivity contribution in [2.45, 2.75) is 25.1 Å². The number of amides is 2. The SMILES string of the molecule is NCCOCCNC(=O)C1C(NC=O)NC(O)N1Cc1ccc(Cl)cc1. The van der Waals surface area contributed by atoms with Crippen LogP contribution in [0.4, 0.5) is 0 Å². The van der Waals surface area contributed by atoms with Gasteiger partial charge in [0.25, 0.3) is 0 Å². The number of halogens is 1. The highest BCUT2D eigenvalue weighted by Gasteiger charge is 2.44. The molecule has 1 saturated heterocycles. The maximum atomic E-state index is 12.6. The van der Waals surface area contributed by atoms with Gasteiger partial charge < -0.3 is 26.2 Å². The minimum Gasteiger partial charge on any atom is -0.378 e. The fourth-order valence-corrected chi connectivity index (χ4v) is 2.85. The molecule has 1 aromatic rings. The van der Waals surface area contributed by atoms with E-state index in [0.717, 1.165) is 5.56 Å². The Bertz CT molecular complexity index is 589. The Kier molecular flexibility index (Phi) is 8.23. The van der Waals surface area contributed by atoms with Gasteiger partial charge in [0.2, 0.25) is 12.3 Å². The van der Waals surface area contributed by atoms with Gasteiger partial charge in [0.1, 0.15) is 12.2 Å². The molecule has 1 heterocycles. The van der Waals surface area contributed by atoms with Crippen molar-refractivity contribution in [1.82, 2.24) is 20.9 Å². The van der Waals surface area contributed by atoms with Crippen molar-refractivity contribution in [1.29, 1.82) is 0 Å². The number of aliphatic hydroxyl groups excluding tert-OH is 1. The van der Waals surface area contributed by atoms with Crippen molar-refractivity contribution in [3.05, 3.63) is 34.9 Å². The maximum Gasteiger partial charge on any atom is 0.241 e. The van der Waals surface area contributed by atoms with Crippen LogP contribution >= 0.6 is 11.6 Å². The van der Waals surface area contributed by atoms with Gasteiger partial charge in [-0.3, -0.25) is 14.9 Å². The van der Waals surface area contributed by atoms with Crippen molar-refractivity contribution in [3.8, 4) is 0 Å². The summed E-state index contributed by atoms with van der Waals surface area (Å²) in [7, 11) is 0. The molecule has 26 heavy (non-hydrogen) atoms. The number of carbonyl (C=O) groups excluding carboxylic acids is 2. The minimum absolute atomic E-state index is 0.296. The van der Waals surface area contributed by atoms with Crippen molar-refractivity contribution in [2.75, 3.05) is 26.3 Å². The standard InChI is InChI=1S/C16H24ClN5O4/c17-12-3-1-11(2-4-12)9-22-13(14(20-10-23)21-16(22)25)15(24)19-6-8-26-7-5-18/h1-4,10,13-14,16,21,25H,5-9,18H2,(H,19,24)(H,20,23). The zero-order valence-corrected chi connectivity index (χ0v) is 15.0. The topological polar surface area (TPSA) is 129 Å². The summed E-state index contributed by atoms with van der Waals surface area (Å²) in [6, 6.07) is 6.30. The fraction of sp³-hybridized carbons (Fsp3) is 0.500. The first-order valence-electron chi connectivity index (χ1n) is 8.26. The highest BCUT2D eigenvalue weighted by molar-refractivity contribution is 6.30. The Morgan fingerprint density at radius 1 is 1.38 bits per heavy atom. The highest BCUT2D eigenvalue weighted by Crippen LogP contribution is 2.19. The van der Waals surface area contributed by atoms with Crippen LogP contribution in [0.15, 0.2) is 24.3 Å². The lowest BCUT2D eigenvalue weighted by Crippen LogP contribution is -2.54. The normalized spacial score (nSPS) is 23.0. The molecule has 0 bridgehead atoms. The summed E-state index contributed by atoms with van der Waals surface area (Å²) in [5.41, 5.74) is 6.20. The second kappa shape index (κ2) is 10.4. The number of nitrogens with two attached hydrogens (primary N) is 1. The summed E-state index contributed by atoms with van der Waals surface area (Å²) in [4.78, 5) is 25.0. The van der Waals surface area contributed by atoms with E-state index in [0.29, 0.717) is 44.3 Å². The molecule has 2 amide bonds. The van der Waals surface area contributed by atoms with Crippen LogP contribution in [0.2, 0.25) is 5.02 Å². The van der Waals surface area contributed by atoms with Gasteiger partial charge in [-0.2, -0.15) is 0 Å². The molecular weight excluding hydrogens is 362 g/mol. The number of aliphatic hydroxyl groups is 1. The van der Waals surface area contributed by atoms with Crippen LogP contribution in [0.5, 0.6) is 0 Å². The molecule has 1 aromatic carbocycles. The Morgan fingerprint density at radius 2 is 2.12 bits per heavy atom. The summed E-state index contributed by atoms with van der Waals surface area (Å²) in [5.74, 6) is -0.335. The second-order valence-corrected chi connectivity index (χ2v) is 6.17. The summed E-state index contributed by atoms with van der Waals surface area (Å²) in [5, 5.41) is 18.9. The number of nitrogens with one attached hydrogen (secondary N) is 3. The van der Waals surface area contributed by atoms with Gasteiger partial charge in [0.05, 0.1) is 13.2 Å². The molecule has 144 valence electrons. The molecule has 1 aliphatic heterocycles. The zero-order valence-electron chi connectivity index (χ0n) is 14.2. The Balaban J connectivity index is 2.03. The van der Waals surface area contributed by atoms with Crippen LogP contribution in [-0.4, -0.2) is 67.2 Å². The van der Waals surface area contributed by atoms with E-state index in [1.165, 1.54) is 0 Å². The second-order valence-electron chi connectivity index (χ2n) is 5.74. The molecule has 10 heteroatoms. The molecule has 9 nitrogen and oxygen atoms in total. The molecule has 3 atom stereocenters. The number of carbonyl (C=O) groups is 2. The number of ether oxygens (including phenoxy) is 1. The van der Waals surface area contributed by atoms with Crippen LogP contribution in [0.25, 0.3) is 0 Å². The average Bonchev–Trinajstić information content (AvgIpc) is 2.92. The third kappa shape index (κ3) is 5.63. The quantitative estimate of drug-likeness (QED) is 0.246. The van der Waals surface area contributed by atoms with Gasteiger partial charge in [0.15, 0.2) is 6.35 Å². The Labute approximate surface area is 156 Å². The van der Waals surface area contributed by atoms with Gasteiger partial charge in [-0.05, 0) is 17.7 Å². The lowest BCUT2D eigenvalue weighted by atomic mass is 10.1. The molecule has 6 N–H and O–H groups in total. The predicted molar refractivity (Wildman–Crippen MR) is 95.8 cm³/mol. The summed E-state index contributed by atoms with van der Waals surface area (Å²) in [6.07, 6.45) is -1.33. The maximum absolute atomic E-state index is 12.6. The zero-order chi connectivity index (χ0) is 18.9. The first-order valence-corrected chi connectivity index (χ1v) is 8.64. The van der Waals surface area contributed by atoms with Crippen LogP contribution < -0.4 is 21.7 Å². The van der Waals surface area contributed by atoms with Gasteiger partial charge in [-0.1, -0.05) is 23.7 Å². The number of rotatable bonds is 10. The van der Waals surface area contributed by atoms with Crippen molar-refractivity contribution in [3.63, 3.8) is 0 Å². The van der Waals surface area contributed by atoms with E-state index in [1.54, 1.807) is 17.0 Å². The summed E-state index contributed by atoms with van der Waals surface area (Å²) in [6.45, 7) is 1.75. The van der Waals surface area contributed by atoms with Crippen LogP contribution in [-0.2, 0) is 20.9 Å². The molecule has 1 aliphatic rings. The largest absolute Gasteiger partial charge is 0.378 e. The lowest BCUT2D eigenvalue weighted by molar-refractivity contribution is -0.129. The molecule has 0 aromatic heterocycles. The molecule has 1 fully saturated rings. The smallest absolute Gasteiger partial charge is 0.241 e. The van der Waals surface area contributed by atoms with Gasteiger partial charge in [-0.25, -0.2) is 4.90 Å². The molecule has 0 aliphatic carbocycles. The number of hydrogen-bond acceptors (Lipinski definition) is 7. The average molecular weight is 386 g/mol. The van der Waals surface area contributed by atoms with E-state index in [2.05, 4.69) is 16.0 Å². The van der Waals surface area contributed by atoms with E-state index in [1.807, 2.05) is 12.1 Å². The number of nitrogens with zero attached hydrogens (tertiary/aromatic N) is 1. The van der Waals surface area contributed by atoms with Crippen LogP contribution in [0.3, 0.4) is 0 Å².